The molecule has 112 valence electrons. The smallest absolute Gasteiger partial charge is 0.171 e. The number of aromatic nitrogens is 1. The Morgan fingerprint density at radius 1 is 1.14 bits per heavy atom. The maximum absolute atomic E-state index is 14.2. The summed E-state index contributed by atoms with van der Waals surface area (Å²) in [7, 11) is 0. The number of benzene rings is 1. The summed E-state index contributed by atoms with van der Waals surface area (Å²) < 4.78 is 27.8. The van der Waals surface area contributed by atoms with Crippen LogP contribution in [0.4, 0.5) is 26.1 Å². The fourth-order valence-electron chi connectivity index (χ4n) is 2.24. The number of hydrogen-bond donors (Lipinski definition) is 1. The van der Waals surface area contributed by atoms with Gasteiger partial charge in [0.15, 0.2) is 23.3 Å². The third kappa shape index (κ3) is 3.12. The van der Waals surface area contributed by atoms with Crippen LogP contribution in [0.3, 0.4) is 0 Å². The van der Waals surface area contributed by atoms with Crippen molar-refractivity contribution in [3.63, 3.8) is 0 Å². The molecule has 0 fully saturated rings. The quantitative estimate of drug-likeness (QED) is 0.892. The summed E-state index contributed by atoms with van der Waals surface area (Å²) in [5.74, 6) is -1.15. The lowest BCUT2D eigenvalue weighted by atomic mass is 10.2. The molecular formula is C16H19F2N3. The van der Waals surface area contributed by atoms with Crippen LogP contribution >= 0.6 is 0 Å². The van der Waals surface area contributed by atoms with Crippen molar-refractivity contribution in [1.82, 2.24) is 4.98 Å². The van der Waals surface area contributed by atoms with Gasteiger partial charge in [-0.15, -0.1) is 0 Å². The van der Waals surface area contributed by atoms with E-state index in [1.165, 1.54) is 0 Å². The van der Waals surface area contributed by atoms with Gasteiger partial charge in [-0.2, -0.15) is 0 Å². The summed E-state index contributed by atoms with van der Waals surface area (Å²) in [5.41, 5.74) is 1.87. The van der Waals surface area contributed by atoms with Crippen molar-refractivity contribution in [3.05, 3.63) is 47.5 Å². The average molecular weight is 291 g/mol. The molecule has 0 saturated heterocycles. The van der Waals surface area contributed by atoms with Crippen molar-refractivity contribution in [2.24, 2.45) is 0 Å². The van der Waals surface area contributed by atoms with Crippen LogP contribution in [0.1, 0.15) is 19.4 Å². The molecule has 2 rings (SSSR count). The first-order valence-electron chi connectivity index (χ1n) is 7.01. The first kappa shape index (κ1) is 15.2. The summed E-state index contributed by atoms with van der Waals surface area (Å²) in [6, 6.07) is 8.53. The lowest BCUT2D eigenvalue weighted by molar-refractivity contribution is 0.574. The van der Waals surface area contributed by atoms with Gasteiger partial charge in [-0.05, 0) is 32.4 Å². The summed E-state index contributed by atoms with van der Waals surface area (Å²) in [4.78, 5) is 5.86. The normalized spacial score (nSPS) is 10.5. The highest BCUT2D eigenvalue weighted by atomic mass is 19.1. The van der Waals surface area contributed by atoms with Crippen LogP contribution in [-0.2, 0) is 0 Å². The maximum Gasteiger partial charge on any atom is 0.171 e. The van der Waals surface area contributed by atoms with E-state index in [2.05, 4.69) is 10.3 Å². The van der Waals surface area contributed by atoms with Crippen molar-refractivity contribution in [2.75, 3.05) is 23.3 Å². The molecule has 0 aliphatic heterocycles. The van der Waals surface area contributed by atoms with Crippen molar-refractivity contribution < 1.29 is 8.78 Å². The van der Waals surface area contributed by atoms with Gasteiger partial charge in [0, 0.05) is 24.8 Å². The second-order valence-corrected chi connectivity index (χ2v) is 4.69. The van der Waals surface area contributed by atoms with Crippen LogP contribution in [0.25, 0.3) is 0 Å². The average Bonchev–Trinajstić information content (AvgIpc) is 2.46. The minimum atomic E-state index is -0.682. The first-order valence-corrected chi connectivity index (χ1v) is 7.01. The number of anilines is 3. The molecule has 1 heterocycles. The summed E-state index contributed by atoms with van der Waals surface area (Å²) >= 11 is 0. The lowest BCUT2D eigenvalue weighted by Crippen LogP contribution is -2.21. The van der Waals surface area contributed by atoms with E-state index < -0.39 is 11.6 Å². The highest BCUT2D eigenvalue weighted by Crippen LogP contribution is 2.30. The maximum atomic E-state index is 14.2. The number of nitrogens with zero attached hydrogens (tertiary/aromatic N) is 2. The fourth-order valence-corrected chi connectivity index (χ4v) is 2.24. The van der Waals surface area contributed by atoms with E-state index in [9.17, 15) is 8.78 Å². The molecule has 0 saturated carbocycles. The Labute approximate surface area is 123 Å². The molecule has 0 aliphatic carbocycles. The number of halogens is 2. The predicted octanol–water partition coefficient (Wildman–Crippen LogP) is 4.26. The van der Waals surface area contributed by atoms with E-state index in [0.717, 1.165) is 17.3 Å². The van der Waals surface area contributed by atoms with Crippen molar-refractivity contribution in [1.29, 1.82) is 0 Å². The van der Waals surface area contributed by atoms with Gasteiger partial charge in [0.2, 0.25) is 0 Å². The van der Waals surface area contributed by atoms with E-state index in [0.29, 0.717) is 13.1 Å². The third-order valence-electron chi connectivity index (χ3n) is 3.23. The Kier molecular flexibility index (Phi) is 4.73. The van der Waals surface area contributed by atoms with Gasteiger partial charge < -0.3 is 10.2 Å². The zero-order valence-corrected chi connectivity index (χ0v) is 12.5. The zero-order chi connectivity index (χ0) is 15.4. The van der Waals surface area contributed by atoms with E-state index in [1.807, 2.05) is 45.0 Å². The molecule has 3 nitrogen and oxygen atoms in total. The predicted molar refractivity (Wildman–Crippen MR) is 82.2 cm³/mol. The molecule has 0 spiro atoms. The van der Waals surface area contributed by atoms with Crippen LogP contribution in [0.5, 0.6) is 0 Å². The van der Waals surface area contributed by atoms with Gasteiger partial charge in [-0.1, -0.05) is 18.2 Å². The number of nitrogens with one attached hydrogen (secondary N) is 1. The van der Waals surface area contributed by atoms with Crippen LogP contribution in [0.15, 0.2) is 30.3 Å². The molecular weight excluding hydrogens is 272 g/mol. The Balaban J connectivity index is 2.52. The highest BCUT2D eigenvalue weighted by Gasteiger charge is 2.18. The molecule has 1 aromatic carbocycles. The molecule has 2 aromatic rings. The lowest BCUT2D eigenvalue weighted by Gasteiger charge is -2.25. The minimum Gasteiger partial charge on any atom is -0.368 e. The standard InChI is InChI=1S/C16H19F2N3/c1-4-19-15-12(17)10-13(18)16(20-15)21(5-2)14-9-7-6-8-11(14)3/h6-10H,4-5H2,1-3H3,(H,19,20). The molecule has 0 amide bonds. The van der Waals surface area contributed by atoms with E-state index >= 15 is 0 Å². The van der Waals surface area contributed by atoms with Crippen molar-refractivity contribution in [2.45, 2.75) is 20.8 Å². The molecule has 0 atom stereocenters. The molecule has 5 heteroatoms. The highest BCUT2D eigenvalue weighted by molar-refractivity contribution is 5.65. The minimum absolute atomic E-state index is 0.0703. The Morgan fingerprint density at radius 3 is 2.48 bits per heavy atom. The number of aryl methyl sites for hydroxylation is 1. The van der Waals surface area contributed by atoms with Gasteiger partial charge in [-0.3, -0.25) is 0 Å². The Morgan fingerprint density at radius 2 is 1.86 bits per heavy atom. The number of rotatable bonds is 5. The van der Waals surface area contributed by atoms with Gasteiger partial charge in [0.1, 0.15) is 0 Å². The molecule has 0 aliphatic rings. The van der Waals surface area contributed by atoms with Gasteiger partial charge in [0.05, 0.1) is 0 Å². The summed E-state index contributed by atoms with van der Waals surface area (Å²) in [6.07, 6.45) is 0. The Bertz CT molecular complexity index is 629. The third-order valence-corrected chi connectivity index (χ3v) is 3.23. The number of para-hydroxylation sites is 1. The van der Waals surface area contributed by atoms with E-state index in [-0.39, 0.29) is 11.6 Å². The van der Waals surface area contributed by atoms with Crippen LogP contribution in [-0.4, -0.2) is 18.1 Å². The second-order valence-electron chi connectivity index (χ2n) is 4.69. The van der Waals surface area contributed by atoms with Crippen LogP contribution in [0.2, 0.25) is 0 Å². The largest absolute Gasteiger partial charge is 0.368 e. The summed E-state index contributed by atoms with van der Waals surface area (Å²) in [6.45, 7) is 6.75. The molecule has 1 N–H and O–H groups in total. The van der Waals surface area contributed by atoms with Crippen LogP contribution in [0, 0.1) is 18.6 Å². The van der Waals surface area contributed by atoms with Gasteiger partial charge in [-0.25, -0.2) is 13.8 Å². The fraction of sp³-hybridized carbons (Fsp3) is 0.312. The van der Waals surface area contributed by atoms with E-state index in [1.54, 1.807) is 4.90 Å². The molecule has 21 heavy (non-hydrogen) atoms. The monoisotopic (exact) mass is 291 g/mol. The topological polar surface area (TPSA) is 28.2 Å². The molecule has 1 aromatic heterocycles. The molecule has 0 bridgehead atoms. The van der Waals surface area contributed by atoms with Crippen molar-refractivity contribution >= 4 is 17.3 Å². The van der Waals surface area contributed by atoms with Gasteiger partial charge >= 0.3 is 0 Å². The van der Waals surface area contributed by atoms with Crippen molar-refractivity contribution in [3.8, 4) is 0 Å². The number of pyridine rings is 1. The van der Waals surface area contributed by atoms with Crippen LogP contribution < -0.4 is 10.2 Å². The van der Waals surface area contributed by atoms with Gasteiger partial charge in [0.25, 0.3) is 0 Å². The summed E-state index contributed by atoms with van der Waals surface area (Å²) in [5, 5.41) is 2.81. The zero-order valence-electron chi connectivity index (χ0n) is 12.5. The molecule has 0 unspecified atom stereocenters. The number of hydrogen-bond acceptors (Lipinski definition) is 3. The SMILES string of the molecule is CCNc1nc(N(CC)c2ccccc2C)c(F)cc1F. The molecule has 0 radical (unpaired) electrons. The Hall–Kier alpha value is -2.17. The second kappa shape index (κ2) is 6.52. The first-order chi connectivity index (χ1) is 10.1. The van der Waals surface area contributed by atoms with E-state index in [4.69, 9.17) is 0 Å².